The highest BCUT2D eigenvalue weighted by Crippen LogP contribution is 2.24. The number of piperidine rings is 1. The molecule has 0 atom stereocenters. The van der Waals surface area contributed by atoms with Crippen LogP contribution >= 0.6 is 11.3 Å². The maximum absolute atomic E-state index is 12.0. The van der Waals surface area contributed by atoms with Crippen LogP contribution in [-0.2, 0) is 4.79 Å². The van der Waals surface area contributed by atoms with Crippen LogP contribution in [0.5, 0.6) is 0 Å². The number of carbonyl (C=O) groups excluding carboxylic acids is 2. The van der Waals surface area contributed by atoms with Crippen molar-refractivity contribution in [3.63, 3.8) is 0 Å². The van der Waals surface area contributed by atoms with E-state index >= 15 is 0 Å². The third-order valence-electron chi connectivity index (χ3n) is 2.88. The zero-order valence-electron chi connectivity index (χ0n) is 9.36. The van der Waals surface area contributed by atoms with Crippen molar-refractivity contribution in [2.24, 2.45) is 11.7 Å². The van der Waals surface area contributed by atoms with Gasteiger partial charge in [0, 0.05) is 5.92 Å². The van der Waals surface area contributed by atoms with Gasteiger partial charge in [-0.3, -0.25) is 9.59 Å². The van der Waals surface area contributed by atoms with E-state index in [9.17, 15) is 9.59 Å². The Morgan fingerprint density at radius 2 is 2.12 bits per heavy atom. The molecule has 0 aliphatic carbocycles. The summed E-state index contributed by atoms with van der Waals surface area (Å²) in [6, 6.07) is 1.63. The molecule has 1 aromatic rings. The molecule has 2 rings (SSSR count). The molecule has 92 valence electrons. The lowest BCUT2D eigenvalue weighted by Crippen LogP contribution is -2.34. The van der Waals surface area contributed by atoms with E-state index in [-0.39, 0.29) is 11.8 Å². The van der Waals surface area contributed by atoms with Crippen LogP contribution in [0.4, 0.5) is 5.00 Å². The monoisotopic (exact) mass is 253 g/mol. The van der Waals surface area contributed by atoms with E-state index in [2.05, 4.69) is 10.6 Å². The number of carbonyl (C=O) groups is 2. The minimum Gasteiger partial charge on any atom is -0.366 e. The highest BCUT2D eigenvalue weighted by atomic mass is 32.1. The van der Waals surface area contributed by atoms with E-state index < -0.39 is 5.91 Å². The molecule has 0 spiro atoms. The largest absolute Gasteiger partial charge is 0.366 e. The van der Waals surface area contributed by atoms with Crippen molar-refractivity contribution in [1.29, 1.82) is 0 Å². The van der Waals surface area contributed by atoms with Gasteiger partial charge in [-0.1, -0.05) is 0 Å². The number of anilines is 1. The van der Waals surface area contributed by atoms with Crippen LogP contribution in [0.1, 0.15) is 23.2 Å². The average Bonchev–Trinajstić information content (AvgIpc) is 2.78. The van der Waals surface area contributed by atoms with Crippen molar-refractivity contribution in [2.45, 2.75) is 12.8 Å². The Labute approximate surface area is 103 Å². The Hall–Kier alpha value is -1.40. The molecule has 1 fully saturated rings. The molecule has 1 saturated heterocycles. The van der Waals surface area contributed by atoms with Crippen molar-refractivity contribution < 1.29 is 9.59 Å². The minimum atomic E-state index is -0.508. The summed E-state index contributed by atoms with van der Waals surface area (Å²) in [6.07, 6.45) is 1.67. The molecular weight excluding hydrogens is 238 g/mol. The number of primary amides is 1. The Kier molecular flexibility index (Phi) is 3.75. The second kappa shape index (κ2) is 5.29. The molecular formula is C11H15N3O2S. The number of nitrogens with one attached hydrogen (secondary N) is 2. The SMILES string of the molecule is NC(=O)c1ccsc1NC(=O)C1CCNCC1. The Morgan fingerprint density at radius 1 is 1.41 bits per heavy atom. The molecule has 1 aromatic heterocycles. The van der Waals surface area contributed by atoms with Gasteiger partial charge in [-0.25, -0.2) is 0 Å². The maximum Gasteiger partial charge on any atom is 0.251 e. The fraction of sp³-hybridized carbons (Fsp3) is 0.455. The summed E-state index contributed by atoms with van der Waals surface area (Å²) in [5.74, 6) is -0.498. The summed E-state index contributed by atoms with van der Waals surface area (Å²) in [5.41, 5.74) is 5.61. The van der Waals surface area contributed by atoms with Crippen LogP contribution in [0.15, 0.2) is 11.4 Å². The van der Waals surface area contributed by atoms with Gasteiger partial charge in [-0.05, 0) is 37.4 Å². The van der Waals surface area contributed by atoms with Crippen LogP contribution in [-0.4, -0.2) is 24.9 Å². The molecule has 0 unspecified atom stereocenters. The van der Waals surface area contributed by atoms with Crippen molar-refractivity contribution in [1.82, 2.24) is 5.32 Å². The van der Waals surface area contributed by atoms with E-state index in [0.717, 1.165) is 25.9 Å². The highest BCUT2D eigenvalue weighted by molar-refractivity contribution is 7.14. The summed E-state index contributed by atoms with van der Waals surface area (Å²) in [6.45, 7) is 1.73. The number of hydrogen-bond donors (Lipinski definition) is 3. The van der Waals surface area contributed by atoms with Crippen LogP contribution in [0.25, 0.3) is 0 Å². The molecule has 0 bridgehead atoms. The van der Waals surface area contributed by atoms with Crippen LogP contribution in [0, 0.1) is 5.92 Å². The standard InChI is InChI=1S/C11H15N3O2S/c12-9(15)8-3-6-17-11(8)14-10(16)7-1-4-13-5-2-7/h3,6-7,13H,1-2,4-5H2,(H2,12,15)(H,14,16). The predicted molar refractivity (Wildman–Crippen MR) is 67.1 cm³/mol. The number of amides is 2. The summed E-state index contributed by atoms with van der Waals surface area (Å²) < 4.78 is 0. The predicted octanol–water partition coefficient (Wildman–Crippen LogP) is 0.785. The molecule has 2 heterocycles. The second-order valence-corrected chi connectivity index (χ2v) is 4.96. The second-order valence-electron chi connectivity index (χ2n) is 4.04. The fourth-order valence-corrected chi connectivity index (χ4v) is 2.69. The topological polar surface area (TPSA) is 84.2 Å². The zero-order chi connectivity index (χ0) is 12.3. The zero-order valence-corrected chi connectivity index (χ0v) is 10.2. The summed E-state index contributed by atoms with van der Waals surface area (Å²) >= 11 is 1.32. The Balaban J connectivity index is 2.02. The summed E-state index contributed by atoms with van der Waals surface area (Å²) in [7, 11) is 0. The molecule has 1 aliphatic heterocycles. The van der Waals surface area contributed by atoms with Gasteiger partial charge in [-0.2, -0.15) is 0 Å². The van der Waals surface area contributed by atoms with Crippen molar-refractivity contribution in [3.05, 3.63) is 17.0 Å². The first-order valence-electron chi connectivity index (χ1n) is 5.57. The van der Waals surface area contributed by atoms with Gasteiger partial charge in [-0.15, -0.1) is 11.3 Å². The molecule has 4 N–H and O–H groups in total. The lowest BCUT2D eigenvalue weighted by Gasteiger charge is -2.21. The van der Waals surface area contributed by atoms with Gasteiger partial charge in [0.1, 0.15) is 5.00 Å². The fourth-order valence-electron chi connectivity index (χ4n) is 1.90. The Morgan fingerprint density at radius 3 is 2.76 bits per heavy atom. The lowest BCUT2D eigenvalue weighted by atomic mass is 9.97. The molecule has 0 radical (unpaired) electrons. The first kappa shape index (κ1) is 12.1. The van der Waals surface area contributed by atoms with Crippen LogP contribution < -0.4 is 16.4 Å². The smallest absolute Gasteiger partial charge is 0.251 e. The van der Waals surface area contributed by atoms with Gasteiger partial charge in [0.05, 0.1) is 5.56 Å². The number of nitrogens with two attached hydrogens (primary N) is 1. The maximum atomic E-state index is 12.0. The van der Waals surface area contributed by atoms with E-state index in [4.69, 9.17) is 5.73 Å². The normalized spacial score (nSPS) is 16.7. The van der Waals surface area contributed by atoms with E-state index in [1.54, 1.807) is 11.4 Å². The molecule has 0 saturated carbocycles. The highest BCUT2D eigenvalue weighted by Gasteiger charge is 2.22. The number of thiophene rings is 1. The van der Waals surface area contributed by atoms with E-state index in [0.29, 0.717) is 10.6 Å². The number of rotatable bonds is 3. The molecule has 17 heavy (non-hydrogen) atoms. The van der Waals surface area contributed by atoms with E-state index in [1.807, 2.05) is 0 Å². The molecule has 2 amide bonds. The van der Waals surface area contributed by atoms with Gasteiger partial charge in [0.15, 0.2) is 0 Å². The molecule has 1 aliphatic rings. The summed E-state index contributed by atoms with van der Waals surface area (Å²) in [5, 5.41) is 8.30. The third kappa shape index (κ3) is 2.83. The quantitative estimate of drug-likeness (QED) is 0.744. The van der Waals surface area contributed by atoms with Gasteiger partial charge >= 0.3 is 0 Å². The molecule has 6 heteroatoms. The third-order valence-corrected chi connectivity index (χ3v) is 3.71. The van der Waals surface area contributed by atoms with Crippen molar-refractivity contribution in [2.75, 3.05) is 18.4 Å². The minimum absolute atomic E-state index is 0.0172. The molecule has 5 nitrogen and oxygen atoms in total. The van der Waals surface area contributed by atoms with Gasteiger partial charge < -0.3 is 16.4 Å². The summed E-state index contributed by atoms with van der Waals surface area (Å²) in [4.78, 5) is 23.1. The molecule has 0 aromatic carbocycles. The van der Waals surface area contributed by atoms with Crippen LogP contribution in [0.3, 0.4) is 0 Å². The van der Waals surface area contributed by atoms with Gasteiger partial charge in [0.2, 0.25) is 5.91 Å². The average molecular weight is 253 g/mol. The number of hydrogen-bond acceptors (Lipinski definition) is 4. The van der Waals surface area contributed by atoms with Crippen LogP contribution in [0.2, 0.25) is 0 Å². The van der Waals surface area contributed by atoms with Crippen molar-refractivity contribution >= 4 is 28.2 Å². The van der Waals surface area contributed by atoms with E-state index in [1.165, 1.54) is 11.3 Å². The first-order valence-corrected chi connectivity index (χ1v) is 6.45. The first-order chi connectivity index (χ1) is 8.18. The van der Waals surface area contributed by atoms with Gasteiger partial charge in [0.25, 0.3) is 5.91 Å². The Bertz CT molecular complexity index is 424. The lowest BCUT2D eigenvalue weighted by molar-refractivity contribution is -0.120. The van der Waals surface area contributed by atoms with Crippen molar-refractivity contribution in [3.8, 4) is 0 Å².